The topological polar surface area (TPSA) is 30.0 Å². The molecule has 0 aliphatic heterocycles. The molecule has 1 heterocycles. The third kappa shape index (κ3) is 1.92. The monoisotopic (exact) mass is 227 g/mol. The second kappa shape index (κ2) is 4.44. The van der Waals surface area contributed by atoms with Crippen LogP contribution in [0, 0.1) is 0 Å². The van der Waals surface area contributed by atoms with E-state index in [2.05, 4.69) is 17.1 Å². The summed E-state index contributed by atoms with van der Waals surface area (Å²) in [5, 5.41) is 0. The van der Waals surface area contributed by atoms with Crippen LogP contribution >= 0.6 is 0 Å². The highest BCUT2D eigenvalue weighted by Crippen LogP contribution is 2.34. The number of allylic oxidation sites excluding steroid dienone is 2. The molecule has 0 N–H and O–H groups in total. The zero-order valence-corrected chi connectivity index (χ0v) is 9.98. The van der Waals surface area contributed by atoms with Gasteiger partial charge in [0.05, 0.1) is 11.6 Å². The minimum Gasteiger partial charge on any atom is -0.294 e. The highest BCUT2D eigenvalue weighted by molar-refractivity contribution is 6.00. The first-order valence-electron chi connectivity index (χ1n) is 6.53. The molecule has 0 bridgehead atoms. The van der Waals surface area contributed by atoms with E-state index in [1.54, 1.807) is 0 Å². The summed E-state index contributed by atoms with van der Waals surface area (Å²) in [6, 6.07) is 4.09. The van der Waals surface area contributed by atoms with Gasteiger partial charge in [0.15, 0.2) is 5.78 Å². The van der Waals surface area contributed by atoms with E-state index in [-0.39, 0.29) is 5.92 Å². The van der Waals surface area contributed by atoms with Crippen molar-refractivity contribution in [2.24, 2.45) is 0 Å². The summed E-state index contributed by atoms with van der Waals surface area (Å²) < 4.78 is 0. The molecule has 0 fully saturated rings. The van der Waals surface area contributed by atoms with Crippen LogP contribution in [0.4, 0.5) is 0 Å². The summed E-state index contributed by atoms with van der Waals surface area (Å²) in [5.41, 5.74) is 3.36. The molecule has 2 aliphatic rings. The number of hydrogen-bond acceptors (Lipinski definition) is 2. The number of aryl methyl sites for hydroxylation is 1. The third-order valence-electron chi connectivity index (χ3n) is 3.87. The largest absolute Gasteiger partial charge is 0.294 e. The number of ketones is 1. The Morgan fingerprint density at radius 3 is 3.06 bits per heavy atom. The van der Waals surface area contributed by atoms with Crippen molar-refractivity contribution in [1.29, 1.82) is 0 Å². The molecule has 2 aliphatic carbocycles. The summed E-state index contributed by atoms with van der Waals surface area (Å²) in [4.78, 5) is 16.9. The van der Waals surface area contributed by atoms with Crippen molar-refractivity contribution in [2.45, 2.75) is 44.4 Å². The van der Waals surface area contributed by atoms with Gasteiger partial charge in [0.1, 0.15) is 0 Å². The lowest BCUT2D eigenvalue weighted by molar-refractivity contribution is -0.117. The van der Waals surface area contributed by atoms with Crippen molar-refractivity contribution in [3.63, 3.8) is 0 Å². The van der Waals surface area contributed by atoms with Crippen LogP contribution in [0.25, 0.3) is 0 Å². The van der Waals surface area contributed by atoms with Gasteiger partial charge in [-0.1, -0.05) is 12.1 Å². The van der Waals surface area contributed by atoms with Crippen molar-refractivity contribution in [1.82, 2.24) is 4.98 Å². The van der Waals surface area contributed by atoms with Crippen molar-refractivity contribution < 1.29 is 4.79 Å². The van der Waals surface area contributed by atoms with Gasteiger partial charge in [-0.05, 0) is 55.7 Å². The van der Waals surface area contributed by atoms with Gasteiger partial charge in [-0.2, -0.15) is 0 Å². The van der Waals surface area contributed by atoms with Crippen LogP contribution in [-0.4, -0.2) is 10.8 Å². The van der Waals surface area contributed by atoms with E-state index in [9.17, 15) is 4.79 Å². The predicted molar refractivity (Wildman–Crippen MR) is 66.9 cm³/mol. The van der Waals surface area contributed by atoms with Gasteiger partial charge in [-0.3, -0.25) is 9.78 Å². The number of fused-ring (bicyclic) bond motifs is 1. The lowest BCUT2D eigenvalue weighted by Gasteiger charge is -2.23. The van der Waals surface area contributed by atoms with Crippen molar-refractivity contribution in [3.05, 3.63) is 41.2 Å². The lowest BCUT2D eigenvalue weighted by atomic mass is 9.82. The number of carbonyl (C=O) groups is 1. The quantitative estimate of drug-likeness (QED) is 0.776. The molecule has 2 heteroatoms. The van der Waals surface area contributed by atoms with Gasteiger partial charge >= 0.3 is 0 Å². The van der Waals surface area contributed by atoms with Gasteiger partial charge in [-0.25, -0.2) is 0 Å². The number of nitrogens with zero attached hydrogens (tertiary/aromatic N) is 1. The second-order valence-corrected chi connectivity index (χ2v) is 4.98. The van der Waals surface area contributed by atoms with E-state index in [0.717, 1.165) is 49.8 Å². The van der Waals surface area contributed by atoms with Gasteiger partial charge in [0.25, 0.3) is 0 Å². The van der Waals surface area contributed by atoms with Crippen LogP contribution in [0.15, 0.2) is 30.0 Å². The summed E-state index contributed by atoms with van der Waals surface area (Å²) in [6.45, 7) is 0. The molecule has 1 aromatic rings. The first-order valence-corrected chi connectivity index (χ1v) is 6.53. The molecule has 0 saturated carbocycles. The third-order valence-corrected chi connectivity index (χ3v) is 3.87. The summed E-state index contributed by atoms with van der Waals surface area (Å²) in [6.07, 6.45) is 10.3. The summed E-state index contributed by atoms with van der Waals surface area (Å²) >= 11 is 0. The number of pyridine rings is 1. The smallest absolute Gasteiger partial charge is 0.167 e. The van der Waals surface area contributed by atoms with Crippen LogP contribution < -0.4 is 0 Å². The van der Waals surface area contributed by atoms with Crippen molar-refractivity contribution >= 4 is 5.78 Å². The summed E-state index contributed by atoms with van der Waals surface area (Å²) in [7, 11) is 0. The van der Waals surface area contributed by atoms with Crippen LogP contribution in [-0.2, 0) is 11.2 Å². The maximum Gasteiger partial charge on any atom is 0.167 e. The van der Waals surface area contributed by atoms with Gasteiger partial charge in [0, 0.05) is 6.20 Å². The maximum atomic E-state index is 12.5. The molecule has 3 rings (SSSR count). The molecule has 17 heavy (non-hydrogen) atoms. The molecule has 1 unspecified atom stereocenters. The van der Waals surface area contributed by atoms with E-state index in [4.69, 9.17) is 0 Å². The van der Waals surface area contributed by atoms with E-state index in [1.807, 2.05) is 12.3 Å². The van der Waals surface area contributed by atoms with Gasteiger partial charge in [0.2, 0.25) is 0 Å². The molecule has 0 aromatic carbocycles. The molecule has 0 spiro atoms. The Labute approximate surface area is 102 Å². The Hall–Kier alpha value is -1.44. The average Bonchev–Trinajstić information content (AvgIpc) is 2.91. The zero-order valence-electron chi connectivity index (χ0n) is 9.98. The van der Waals surface area contributed by atoms with Crippen LogP contribution in [0.1, 0.15) is 49.3 Å². The first-order chi connectivity index (χ1) is 8.36. The Morgan fingerprint density at radius 1 is 1.29 bits per heavy atom. The molecular formula is C15H17NO. The highest BCUT2D eigenvalue weighted by atomic mass is 16.1. The standard InChI is InChI=1S/C15H17NO/c17-15(12-5-1-2-6-12)13-9-3-7-11-8-4-10-16-14(11)13/h4-5,8,10,13H,1-3,6-7,9H2. The zero-order chi connectivity index (χ0) is 11.7. The normalized spacial score (nSPS) is 23.1. The van der Waals surface area contributed by atoms with E-state index in [0.29, 0.717) is 5.78 Å². The number of Topliss-reactive ketones (excluding diaryl/α,β-unsaturated/α-hetero) is 1. The SMILES string of the molecule is O=C(C1=CCCC1)C1CCCc2cccnc21. The first kappa shape index (κ1) is 10.7. The second-order valence-electron chi connectivity index (χ2n) is 4.98. The van der Waals surface area contributed by atoms with Crippen LogP contribution in [0.3, 0.4) is 0 Å². The average molecular weight is 227 g/mol. The predicted octanol–water partition coefficient (Wildman–Crippen LogP) is 3.18. The maximum absolute atomic E-state index is 12.5. The number of carbonyl (C=O) groups excluding carboxylic acids is 1. The lowest BCUT2D eigenvalue weighted by Crippen LogP contribution is -2.20. The fourth-order valence-electron chi connectivity index (χ4n) is 2.98. The number of rotatable bonds is 2. The fraction of sp³-hybridized carbons (Fsp3) is 0.467. The fourth-order valence-corrected chi connectivity index (χ4v) is 2.98. The summed E-state index contributed by atoms with van der Waals surface area (Å²) in [5.74, 6) is 0.367. The number of hydrogen-bond donors (Lipinski definition) is 0. The molecular weight excluding hydrogens is 210 g/mol. The van der Waals surface area contributed by atoms with Gasteiger partial charge in [-0.15, -0.1) is 0 Å². The Kier molecular flexibility index (Phi) is 2.79. The molecule has 1 aromatic heterocycles. The Morgan fingerprint density at radius 2 is 2.24 bits per heavy atom. The molecule has 88 valence electrons. The minimum atomic E-state index is 0.0318. The Bertz CT molecular complexity index is 476. The van der Waals surface area contributed by atoms with Gasteiger partial charge < -0.3 is 0 Å². The minimum absolute atomic E-state index is 0.0318. The highest BCUT2D eigenvalue weighted by Gasteiger charge is 2.29. The molecule has 0 radical (unpaired) electrons. The molecule has 0 saturated heterocycles. The molecule has 2 nitrogen and oxygen atoms in total. The van der Waals surface area contributed by atoms with Crippen molar-refractivity contribution in [2.75, 3.05) is 0 Å². The van der Waals surface area contributed by atoms with Crippen molar-refractivity contribution in [3.8, 4) is 0 Å². The van der Waals surface area contributed by atoms with E-state index < -0.39 is 0 Å². The molecule has 0 amide bonds. The molecule has 1 atom stereocenters. The van der Waals surface area contributed by atoms with Crippen LogP contribution in [0.2, 0.25) is 0 Å². The Balaban J connectivity index is 1.92. The van der Waals surface area contributed by atoms with E-state index in [1.165, 1.54) is 5.56 Å². The number of aromatic nitrogens is 1. The van der Waals surface area contributed by atoms with E-state index >= 15 is 0 Å². The van der Waals surface area contributed by atoms with Crippen LogP contribution in [0.5, 0.6) is 0 Å².